The van der Waals surface area contributed by atoms with Gasteiger partial charge in [0.25, 0.3) is 0 Å². The molecule has 1 atom stereocenters. The fourth-order valence-corrected chi connectivity index (χ4v) is 5.78. The monoisotopic (exact) mass is 552 g/mol. The molecule has 236 valence electrons. The first-order valence-corrected chi connectivity index (χ1v) is 18.7. The van der Waals surface area contributed by atoms with E-state index in [0.717, 1.165) is 19.6 Å². The van der Waals surface area contributed by atoms with Crippen molar-refractivity contribution in [2.75, 3.05) is 13.2 Å². The van der Waals surface area contributed by atoms with Crippen LogP contribution in [0, 0.1) is 0 Å². The molecule has 0 aromatic carbocycles. The Morgan fingerprint density at radius 3 is 0.949 bits per heavy atom. The van der Waals surface area contributed by atoms with Crippen LogP contribution in [0.2, 0.25) is 0 Å². The lowest BCUT2D eigenvalue weighted by Gasteiger charge is -2.18. The van der Waals surface area contributed by atoms with Crippen molar-refractivity contribution in [3.63, 3.8) is 0 Å². The highest BCUT2D eigenvalue weighted by molar-refractivity contribution is 4.56. The van der Waals surface area contributed by atoms with Crippen LogP contribution in [0.4, 0.5) is 0 Å². The number of hydrogen-bond donors (Lipinski definition) is 1. The summed E-state index contributed by atoms with van der Waals surface area (Å²) in [6, 6.07) is 0. The predicted molar refractivity (Wildman–Crippen MR) is 178 cm³/mol. The quantitative estimate of drug-likeness (QED) is 0.0624. The van der Waals surface area contributed by atoms with Gasteiger partial charge in [-0.1, -0.05) is 201 Å². The van der Waals surface area contributed by atoms with Crippen LogP contribution in [-0.2, 0) is 4.74 Å². The molecule has 0 aliphatic heterocycles. The second-order valence-corrected chi connectivity index (χ2v) is 12.6. The molecule has 0 aromatic rings. The van der Waals surface area contributed by atoms with Gasteiger partial charge in [-0.25, -0.2) is 0 Å². The van der Waals surface area contributed by atoms with Gasteiger partial charge in [0.15, 0.2) is 0 Å². The highest BCUT2D eigenvalue weighted by Crippen LogP contribution is 2.15. The zero-order valence-electron chi connectivity index (χ0n) is 27.8. The third kappa shape index (κ3) is 34.0. The third-order valence-corrected chi connectivity index (χ3v) is 8.59. The first-order chi connectivity index (χ1) is 19.3. The van der Waals surface area contributed by atoms with Crippen LogP contribution in [0.5, 0.6) is 0 Å². The molecule has 1 unspecified atom stereocenters. The number of nitrogens with one attached hydrogen (secondary N) is 1. The Hall–Kier alpha value is -0.0800. The van der Waals surface area contributed by atoms with Gasteiger partial charge in [-0.2, -0.15) is 0 Å². The molecule has 0 spiro atoms. The minimum Gasteiger partial charge on any atom is -0.363 e. The standard InChI is InChI=1S/C37H77NO/c1-4-7-9-11-13-15-17-19-21-22-23-25-27-29-31-33-35-38-37(6-3)39-36-34-32-30-28-26-24-20-18-16-14-12-10-8-5-2/h37-38H,4-36H2,1-3H3. The summed E-state index contributed by atoms with van der Waals surface area (Å²) >= 11 is 0. The first kappa shape index (κ1) is 38.9. The van der Waals surface area contributed by atoms with Crippen molar-refractivity contribution in [2.45, 2.75) is 226 Å². The molecule has 0 aliphatic carbocycles. The molecule has 39 heavy (non-hydrogen) atoms. The van der Waals surface area contributed by atoms with Gasteiger partial charge in [0.1, 0.15) is 6.23 Å². The lowest BCUT2D eigenvalue weighted by molar-refractivity contribution is 0.0249. The zero-order valence-corrected chi connectivity index (χ0v) is 27.8. The fraction of sp³-hybridized carbons (Fsp3) is 1.00. The minimum absolute atomic E-state index is 0.267. The van der Waals surface area contributed by atoms with Gasteiger partial charge in [0.05, 0.1) is 0 Å². The molecule has 0 aromatic heterocycles. The maximum Gasteiger partial charge on any atom is 0.107 e. The third-order valence-electron chi connectivity index (χ3n) is 8.59. The summed E-state index contributed by atoms with van der Waals surface area (Å²) in [6.07, 6.45) is 44.2. The van der Waals surface area contributed by atoms with E-state index < -0.39 is 0 Å². The predicted octanol–water partition coefficient (Wildman–Crippen LogP) is 13.1. The number of rotatable bonds is 35. The van der Waals surface area contributed by atoms with E-state index in [1.54, 1.807) is 0 Å². The Bertz CT molecular complexity index is 412. The normalized spacial score (nSPS) is 12.4. The van der Waals surface area contributed by atoms with E-state index in [-0.39, 0.29) is 6.23 Å². The molecule has 1 N–H and O–H groups in total. The van der Waals surface area contributed by atoms with E-state index in [2.05, 4.69) is 26.1 Å². The molecule has 0 rings (SSSR count). The molecule has 2 nitrogen and oxygen atoms in total. The van der Waals surface area contributed by atoms with Crippen molar-refractivity contribution >= 4 is 0 Å². The molecular formula is C37H77NO. The molecule has 2 heteroatoms. The van der Waals surface area contributed by atoms with Gasteiger partial charge < -0.3 is 4.74 Å². The summed E-state index contributed by atoms with van der Waals surface area (Å²) in [5.74, 6) is 0. The van der Waals surface area contributed by atoms with Crippen LogP contribution in [-0.4, -0.2) is 19.4 Å². The molecule has 0 saturated heterocycles. The van der Waals surface area contributed by atoms with Gasteiger partial charge in [-0.15, -0.1) is 0 Å². The van der Waals surface area contributed by atoms with E-state index in [4.69, 9.17) is 4.74 Å². The number of hydrogen-bond acceptors (Lipinski definition) is 2. The largest absolute Gasteiger partial charge is 0.363 e. The average molecular weight is 552 g/mol. The molecule has 0 heterocycles. The Morgan fingerprint density at radius 1 is 0.359 bits per heavy atom. The van der Waals surface area contributed by atoms with Gasteiger partial charge in [-0.3, -0.25) is 5.32 Å². The summed E-state index contributed by atoms with van der Waals surface area (Å²) in [5.41, 5.74) is 0. The SMILES string of the molecule is CCCCCCCCCCCCCCCCCCNC(CC)OCCCCCCCCCCCCCCCC. The van der Waals surface area contributed by atoms with Crippen LogP contribution in [0.3, 0.4) is 0 Å². The Labute approximate surface area is 249 Å². The van der Waals surface area contributed by atoms with Crippen LogP contribution < -0.4 is 5.32 Å². The lowest BCUT2D eigenvalue weighted by Crippen LogP contribution is -2.32. The summed E-state index contributed by atoms with van der Waals surface area (Å²) in [5, 5.41) is 3.65. The number of unbranched alkanes of at least 4 members (excludes halogenated alkanes) is 28. The first-order valence-electron chi connectivity index (χ1n) is 18.7. The van der Waals surface area contributed by atoms with Crippen LogP contribution in [0.15, 0.2) is 0 Å². The van der Waals surface area contributed by atoms with Crippen molar-refractivity contribution in [3.05, 3.63) is 0 Å². The molecule has 0 amide bonds. The van der Waals surface area contributed by atoms with E-state index in [1.165, 1.54) is 193 Å². The van der Waals surface area contributed by atoms with Crippen molar-refractivity contribution in [1.29, 1.82) is 0 Å². The van der Waals surface area contributed by atoms with E-state index in [9.17, 15) is 0 Å². The second-order valence-electron chi connectivity index (χ2n) is 12.6. The van der Waals surface area contributed by atoms with Crippen molar-refractivity contribution in [3.8, 4) is 0 Å². The van der Waals surface area contributed by atoms with Gasteiger partial charge >= 0.3 is 0 Å². The van der Waals surface area contributed by atoms with Crippen LogP contribution in [0.1, 0.15) is 220 Å². The van der Waals surface area contributed by atoms with E-state index in [0.29, 0.717) is 0 Å². The van der Waals surface area contributed by atoms with Crippen molar-refractivity contribution in [1.82, 2.24) is 5.32 Å². The van der Waals surface area contributed by atoms with Crippen LogP contribution in [0.25, 0.3) is 0 Å². The molecule has 0 fully saturated rings. The Morgan fingerprint density at radius 2 is 0.641 bits per heavy atom. The summed E-state index contributed by atoms with van der Waals surface area (Å²) in [4.78, 5) is 0. The summed E-state index contributed by atoms with van der Waals surface area (Å²) in [7, 11) is 0. The molecule has 0 aliphatic rings. The van der Waals surface area contributed by atoms with E-state index >= 15 is 0 Å². The maximum absolute atomic E-state index is 6.12. The zero-order chi connectivity index (χ0) is 28.3. The highest BCUT2D eigenvalue weighted by atomic mass is 16.5. The lowest BCUT2D eigenvalue weighted by atomic mass is 10.0. The fourth-order valence-electron chi connectivity index (χ4n) is 5.78. The molecule has 0 saturated carbocycles. The molecule has 0 radical (unpaired) electrons. The van der Waals surface area contributed by atoms with Gasteiger partial charge in [0, 0.05) is 6.61 Å². The van der Waals surface area contributed by atoms with Gasteiger partial charge in [0.2, 0.25) is 0 Å². The Balaban J connectivity index is 3.25. The maximum atomic E-state index is 6.12. The smallest absolute Gasteiger partial charge is 0.107 e. The molecular weight excluding hydrogens is 474 g/mol. The van der Waals surface area contributed by atoms with Crippen LogP contribution >= 0.6 is 0 Å². The summed E-state index contributed by atoms with van der Waals surface area (Å²) < 4.78 is 6.12. The van der Waals surface area contributed by atoms with E-state index in [1.807, 2.05) is 0 Å². The highest BCUT2D eigenvalue weighted by Gasteiger charge is 2.05. The minimum atomic E-state index is 0.267. The average Bonchev–Trinajstić information content (AvgIpc) is 2.95. The topological polar surface area (TPSA) is 21.3 Å². The second kappa shape index (κ2) is 35.9. The molecule has 0 bridgehead atoms. The summed E-state index contributed by atoms with van der Waals surface area (Å²) in [6.45, 7) is 8.90. The number of ether oxygens (including phenoxy) is 1. The van der Waals surface area contributed by atoms with Gasteiger partial charge in [-0.05, 0) is 25.8 Å². The van der Waals surface area contributed by atoms with Crippen molar-refractivity contribution in [2.24, 2.45) is 0 Å². The van der Waals surface area contributed by atoms with Crippen molar-refractivity contribution < 1.29 is 4.74 Å². The Kier molecular flexibility index (Phi) is 35.9.